The molecule has 0 aliphatic carbocycles. The monoisotopic (exact) mass is 598 g/mol. The molecule has 0 aromatic heterocycles. The molecule has 1 heteroatoms. The van der Waals surface area contributed by atoms with E-state index in [1.54, 1.807) is 0 Å². The summed E-state index contributed by atoms with van der Waals surface area (Å²) < 4.78 is 0. The third-order valence-corrected chi connectivity index (χ3v) is 9.77. The highest BCUT2D eigenvalue weighted by Crippen LogP contribution is 2.17. The number of hydrogen-bond donors (Lipinski definition) is 1. The zero-order valence-electron chi connectivity index (χ0n) is 29.6. The molecule has 252 valence electrons. The van der Waals surface area contributed by atoms with Gasteiger partial charge in [0.1, 0.15) is 0 Å². The van der Waals surface area contributed by atoms with E-state index < -0.39 is 0 Å². The topological polar surface area (TPSA) is 26.0 Å². The number of nitrogens with two attached hydrogens (primary N) is 1. The molecule has 0 aliphatic rings. The normalized spacial score (nSPS) is 11.5. The summed E-state index contributed by atoms with van der Waals surface area (Å²) in [6, 6.07) is 8.39. The fourth-order valence-electron chi connectivity index (χ4n) is 6.81. The molecule has 43 heavy (non-hydrogen) atoms. The largest absolute Gasteiger partial charge is 0.399 e. The number of nitrogen functional groups attached to an aromatic ring is 1. The average Bonchev–Trinajstić information content (AvgIpc) is 3.01. The van der Waals surface area contributed by atoms with Gasteiger partial charge in [-0.05, 0) is 30.5 Å². The number of anilines is 1. The lowest BCUT2D eigenvalue weighted by atomic mass is 10.0. The Balaban J connectivity index is 1.63. The minimum absolute atomic E-state index is 0.902. The van der Waals surface area contributed by atoms with Gasteiger partial charge in [-0.1, -0.05) is 231 Å². The molecule has 0 heterocycles. The minimum Gasteiger partial charge on any atom is -0.399 e. The van der Waals surface area contributed by atoms with Gasteiger partial charge in [0.15, 0.2) is 0 Å². The quantitative estimate of drug-likeness (QED) is 0.0611. The lowest BCUT2D eigenvalue weighted by Crippen LogP contribution is -1.89. The van der Waals surface area contributed by atoms with E-state index >= 15 is 0 Å². The number of hydrogen-bond acceptors (Lipinski definition) is 1. The zero-order valence-corrected chi connectivity index (χ0v) is 29.6. The van der Waals surface area contributed by atoms with Crippen molar-refractivity contribution >= 4 is 5.69 Å². The summed E-state index contributed by atoms with van der Waals surface area (Å²) in [4.78, 5) is 0. The standard InChI is InChI=1S/C42H79N/c1-2-3-4-5-6-7-8-9-10-11-12-13-14-15-16-17-18-19-20-21-22-23-24-25-26-27-28-29-30-31-32-33-34-35-37-41-38-36-39-42(43)40-41/h36,38-40H,2-35,37,43H2,1H3. The van der Waals surface area contributed by atoms with Crippen molar-refractivity contribution in [2.24, 2.45) is 0 Å². The van der Waals surface area contributed by atoms with Crippen molar-refractivity contribution in [1.82, 2.24) is 0 Å². The highest BCUT2D eigenvalue weighted by atomic mass is 14.5. The summed E-state index contributed by atoms with van der Waals surface area (Å²) in [5.41, 5.74) is 8.17. The van der Waals surface area contributed by atoms with Crippen molar-refractivity contribution in [1.29, 1.82) is 0 Å². The van der Waals surface area contributed by atoms with Crippen LogP contribution in [0.3, 0.4) is 0 Å². The molecule has 0 unspecified atom stereocenters. The van der Waals surface area contributed by atoms with E-state index in [-0.39, 0.29) is 0 Å². The van der Waals surface area contributed by atoms with Crippen LogP contribution in [0, 0.1) is 0 Å². The van der Waals surface area contributed by atoms with E-state index in [0.29, 0.717) is 0 Å². The first kappa shape index (κ1) is 40.0. The van der Waals surface area contributed by atoms with E-state index in [9.17, 15) is 0 Å². The summed E-state index contributed by atoms with van der Waals surface area (Å²) >= 11 is 0. The molecule has 2 N–H and O–H groups in total. The highest BCUT2D eigenvalue weighted by molar-refractivity contribution is 5.40. The lowest BCUT2D eigenvalue weighted by Gasteiger charge is -2.05. The smallest absolute Gasteiger partial charge is 0.0316 e. The molecule has 0 aliphatic heterocycles. The van der Waals surface area contributed by atoms with Crippen LogP contribution in [-0.2, 0) is 6.42 Å². The Morgan fingerprint density at radius 3 is 0.860 bits per heavy atom. The molecule has 0 fully saturated rings. The maximum atomic E-state index is 5.87. The van der Waals surface area contributed by atoms with Crippen molar-refractivity contribution in [2.75, 3.05) is 5.73 Å². The second kappa shape index (κ2) is 33.9. The predicted molar refractivity (Wildman–Crippen MR) is 197 cm³/mol. The van der Waals surface area contributed by atoms with E-state index in [1.165, 1.54) is 230 Å². The molecule has 1 nitrogen and oxygen atoms in total. The molecular formula is C42H79N. The third-order valence-electron chi connectivity index (χ3n) is 9.77. The fourth-order valence-corrected chi connectivity index (χ4v) is 6.81. The van der Waals surface area contributed by atoms with E-state index in [2.05, 4.69) is 25.1 Å². The number of unbranched alkanes of at least 4 members (excludes halogenated alkanes) is 33. The number of rotatable bonds is 35. The number of aryl methyl sites for hydroxylation is 1. The Bertz CT molecular complexity index is 652. The van der Waals surface area contributed by atoms with Crippen molar-refractivity contribution in [3.63, 3.8) is 0 Å². The fraction of sp³-hybridized carbons (Fsp3) is 0.857. The van der Waals surface area contributed by atoms with Gasteiger partial charge in [0.2, 0.25) is 0 Å². The zero-order chi connectivity index (χ0) is 30.7. The molecule has 0 atom stereocenters. The van der Waals surface area contributed by atoms with Crippen LogP contribution < -0.4 is 5.73 Å². The Morgan fingerprint density at radius 2 is 0.605 bits per heavy atom. The molecule has 0 radical (unpaired) electrons. The van der Waals surface area contributed by atoms with E-state index in [4.69, 9.17) is 5.73 Å². The van der Waals surface area contributed by atoms with Crippen LogP contribution in [0.2, 0.25) is 0 Å². The average molecular weight is 598 g/mol. The van der Waals surface area contributed by atoms with Crippen molar-refractivity contribution in [3.05, 3.63) is 29.8 Å². The summed E-state index contributed by atoms with van der Waals surface area (Å²) in [6.07, 6.45) is 51.0. The predicted octanol–water partition coefficient (Wildman–Crippen LogP) is 15.1. The first-order valence-corrected chi connectivity index (χ1v) is 20.2. The van der Waals surface area contributed by atoms with Crippen LogP contribution >= 0.6 is 0 Å². The molecule has 1 aromatic carbocycles. The first-order chi connectivity index (χ1) is 21.3. The second-order valence-corrected chi connectivity index (χ2v) is 14.2. The van der Waals surface area contributed by atoms with Gasteiger partial charge >= 0.3 is 0 Å². The van der Waals surface area contributed by atoms with Gasteiger partial charge < -0.3 is 5.73 Å². The summed E-state index contributed by atoms with van der Waals surface area (Å²) in [5.74, 6) is 0. The summed E-state index contributed by atoms with van der Waals surface area (Å²) in [7, 11) is 0. The SMILES string of the molecule is CCCCCCCCCCCCCCCCCCCCCCCCCCCCCCCCCCCCc1cccc(N)c1. The summed E-state index contributed by atoms with van der Waals surface area (Å²) in [5, 5.41) is 0. The van der Waals surface area contributed by atoms with Gasteiger partial charge in [-0.15, -0.1) is 0 Å². The third kappa shape index (κ3) is 30.8. The van der Waals surface area contributed by atoms with Crippen LogP contribution in [-0.4, -0.2) is 0 Å². The second-order valence-electron chi connectivity index (χ2n) is 14.2. The van der Waals surface area contributed by atoms with Gasteiger partial charge in [0, 0.05) is 5.69 Å². The molecule has 1 rings (SSSR count). The van der Waals surface area contributed by atoms with Gasteiger partial charge in [0.05, 0.1) is 0 Å². The Kier molecular flexibility index (Phi) is 31.6. The van der Waals surface area contributed by atoms with E-state index in [1.807, 2.05) is 6.07 Å². The minimum atomic E-state index is 0.902. The lowest BCUT2D eigenvalue weighted by molar-refractivity contribution is 0.511. The van der Waals surface area contributed by atoms with Crippen LogP contribution in [0.1, 0.15) is 231 Å². The maximum Gasteiger partial charge on any atom is 0.0316 e. The van der Waals surface area contributed by atoms with Crippen LogP contribution in [0.15, 0.2) is 24.3 Å². The first-order valence-electron chi connectivity index (χ1n) is 20.2. The van der Waals surface area contributed by atoms with Crippen molar-refractivity contribution in [3.8, 4) is 0 Å². The van der Waals surface area contributed by atoms with Gasteiger partial charge in [-0.25, -0.2) is 0 Å². The summed E-state index contributed by atoms with van der Waals surface area (Å²) in [6.45, 7) is 2.31. The Hall–Kier alpha value is -0.980. The molecule has 0 amide bonds. The van der Waals surface area contributed by atoms with Crippen LogP contribution in [0.25, 0.3) is 0 Å². The Labute approximate surface area is 272 Å². The molecule has 1 aromatic rings. The van der Waals surface area contributed by atoms with Crippen LogP contribution in [0.5, 0.6) is 0 Å². The molecular weight excluding hydrogens is 518 g/mol. The van der Waals surface area contributed by atoms with Gasteiger partial charge in [-0.3, -0.25) is 0 Å². The molecule has 0 spiro atoms. The van der Waals surface area contributed by atoms with E-state index in [0.717, 1.165) is 5.69 Å². The van der Waals surface area contributed by atoms with Crippen molar-refractivity contribution in [2.45, 2.75) is 232 Å². The maximum absolute atomic E-state index is 5.87. The molecule has 0 saturated carbocycles. The van der Waals surface area contributed by atoms with Crippen molar-refractivity contribution < 1.29 is 0 Å². The van der Waals surface area contributed by atoms with Crippen LogP contribution in [0.4, 0.5) is 5.69 Å². The highest BCUT2D eigenvalue weighted by Gasteiger charge is 1.98. The Morgan fingerprint density at radius 1 is 0.349 bits per heavy atom. The van der Waals surface area contributed by atoms with Gasteiger partial charge in [-0.2, -0.15) is 0 Å². The number of benzene rings is 1. The van der Waals surface area contributed by atoms with Gasteiger partial charge in [0.25, 0.3) is 0 Å². The molecule has 0 bridgehead atoms. The molecule has 0 saturated heterocycles.